The smallest absolute Gasteiger partial charge is 0.274 e. The molecule has 1 amide bonds. The number of likely N-dealkylation sites (tertiary alicyclic amines) is 1. The van der Waals surface area contributed by atoms with Crippen LogP contribution in [0.15, 0.2) is 6.07 Å². The molecule has 2 unspecified atom stereocenters. The maximum Gasteiger partial charge on any atom is 0.274 e. The quantitative estimate of drug-likeness (QED) is 0.678. The number of amides is 1. The van der Waals surface area contributed by atoms with Crippen molar-refractivity contribution in [2.45, 2.75) is 26.0 Å². The maximum absolute atomic E-state index is 12.1. The van der Waals surface area contributed by atoms with Crippen molar-refractivity contribution in [3.05, 3.63) is 17.5 Å². The van der Waals surface area contributed by atoms with Gasteiger partial charge in [0.1, 0.15) is 0 Å². The molecule has 0 spiro atoms. The zero-order chi connectivity index (χ0) is 12.4. The van der Waals surface area contributed by atoms with Gasteiger partial charge in [-0.2, -0.15) is 5.10 Å². The van der Waals surface area contributed by atoms with E-state index in [2.05, 4.69) is 10.2 Å². The third-order valence-corrected chi connectivity index (χ3v) is 3.35. The average molecular weight is 239 g/mol. The molecule has 6 heteroatoms. The van der Waals surface area contributed by atoms with E-state index in [4.69, 9.17) is 5.11 Å². The summed E-state index contributed by atoms with van der Waals surface area (Å²) in [4.78, 5) is 13.8. The molecule has 0 bridgehead atoms. The fraction of sp³-hybridized carbons (Fsp3) is 0.636. The lowest BCUT2D eigenvalue weighted by Crippen LogP contribution is -2.40. The summed E-state index contributed by atoms with van der Waals surface area (Å²) in [6.07, 6.45) is 0.897. The van der Waals surface area contributed by atoms with Crippen LogP contribution < -0.4 is 0 Å². The number of carbonyl (C=O) groups is 1. The minimum absolute atomic E-state index is 0.0236. The van der Waals surface area contributed by atoms with Gasteiger partial charge in [-0.05, 0) is 18.4 Å². The topological polar surface area (TPSA) is 89.5 Å². The Morgan fingerprint density at radius 1 is 1.65 bits per heavy atom. The predicted molar refractivity (Wildman–Crippen MR) is 60.2 cm³/mol. The fourth-order valence-electron chi connectivity index (χ4n) is 2.24. The Morgan fingerprint density at radius 3 is 3.00 bits per heavy atom. The van der Waals surface area contributed by atoms with Gasteiger partial charge in [-0.25, -0.2) is 0 Å². The van der Waals surface area contributed by atoms with Crippen molar-refractivity contribution in [1.29, 1.82) is 0 Å². The van der Waals surface area contributed by atoms with Crippen LogP contribution in [0.3, 0.4) is 0 Å². The molecule has 0 radical (unpaired) electrons. The highest BCUT2D eigenvalue weighted by Gasteiger charge is 2.35. The largest absolute Gasteiger partial charge is 0.394 e. The van der Waals surface area contributed by atoms with Gasteiger partial charge in [0.15, 0.2) is 5.69 Å². The Balaban J connectivity index is 2.14. The Morgan fingerprint density at radius 2 is 2.41 bits per heavy atom. The molecule has 1 aromatic heterocycles. The van der Waals surface area contributed by atoms with Crippen LogP contribution in [0.1, 0.15) is 29.5 Å². The second kappa shape index (κ2) is 4.85. The van der Waals surface area contributed by atoms with Gasteiger partial charge in [-0.3, -0.25) is 9.89 Å². The summed E-state index contributed by atoms with van der Waals surface area (Å²) < 4.78 is 0. The van der Waals surface area contributed by atoms with Crippen LogP contribution >= 0.6 is 0 Å². The lowest BCUT2D eigenvalue weighted by Gasteiger charge is -2.24. The molecule has 1 aliphatic heterocycles. The highest BCUT2D eigenvalue weighted by Crippen LogP contribution is 2.24. The van der Waals surface area contributed by atoms with E-state index in [1.54, 1.807) is 11.0 Å². The van der Waals surface area contributed by atoms with E-state index in [1.807, 2.05) is 6.92 Å². The number of aromatic nitrogens is 2. The van der Waals surface area contributed by atoms with Crippen molar-refractivity contribution in [3.63, 3.8) is 0 Å². The van der Waals surface area contributed by atoms with Crippen LogP contribution in [-0.4, -0.2) is 50.4 Å². The molecule has 2 atom stereocenters. The molecule has 1 aromatic rings. The predicted octanol–water partition coefficient (Wildman–Crippen LogP) is -0.255. The number of rotatable bonds is 3. The summed E-state index contributed by atoms with van der Waals surface area (Å²) >= 11 is 0. The Bertz CT molecular complexity index is 404. The molecule has 1 saturated heterocycles. The molecular formula is C11H17N3O3. The van der Waals surface area contributed by atoms with Crippen LogP contribution in [-0.2, 0) is 6.61 Å². The van der Waals surface area contributed by atoms with Gasteiger partial charge in [0.25, 0.3) is 5.91 Å². The highest BCUT2D eigenvalue weighted by molar-refractivity contribution is 5.92. The number of hydrogen-bond donors (Lipinski definition) is 3. The Labute approximate surface area is 99.3 Å². The number of aliphatic hydroxyl groups excluding tert-OH is 2. The van der Waals surface area contributed by atoms with Crippen molar-refractivity contribution in [3.8, 4) is 0 Å². The van der Waals surface area contributed by atoms with Crippen molar-refractivity contribution in [2.24, 2.45) is 5.92 Å². The molecule has 1 aliphatic rings. The summed E-state index contributed by atoms with van der Waals surface area (Å²) in [7, 11) is 0. The first-order valence-electron chi connectivity index (χ1n) is 5.74. The van der Waals surface area contributed by atoms with E-state index in [0.29, 0.717) is 23.9 Å². The third kappa shape index (κ3) is 2.18. The van der Waals surface area contributed by atoms with Gasteiger partial charge < -0.3 is 15.1 Å². The average Bonchev–Trinajstić information content (AvgIpc) is 2.94. The fourth-order valence-corrected chi connectivity index (χ4v) is 2.24. The minimum atomic E-state index is -0.190. The summed E-state index contributed by atoms with van der Waals surface area (Å²) in [5.41, 5.74) is 0.808. The summed E-state index contributed by atoms with van der Waals surface area (Å²) in [6, 6.07) is 1.41. The summed E-state index contributed by atoms with van der Waals surface area (Å²) in [5, 5.41) is 24.7. The molecule has 0 aromatic carbocycles. The normalized spacial score (nSPS) is 24.3. The maximum atomic E-state index is 12.1. The van der Waals surface area contributed by atoms with Crippen LogP contribution in [0.25, 0.3) is 0 Å². The van der Waals surface area contributed by atoms with Crippen molar-refractivity contribution in [2.75, 3.05) is 13.2 Å². The number of aliphatic hydroxyl groups is 2. The van der Waals surface area contributed by atoms with E-state index >= 15 is 0 Å². The molecule has 0 aliphatic carbocycles. The zero-order valence-electron chi connectivity index (χ0n) is 9.76. The molecule has 2 heterocycles. The first-order chi connectivity index (χ1) is 8.17. The van der Waals surface area contributed by atoms with Gasteiger partial charge >= 0.3 is 0 Å². The van der Waals surface area contributed by atoms with Crippen LogP contribution in [0, 0.1) is 5.92 Å². The van der Waals surface area contributed by atoms with Crippen molar-refractivity contribution in [1.82, 2.24) is 15.1 Å². The second-order valence-corrected chi connectivity index (χ2v) is 4.45. The second-order valence-electron chi connectivity index (χ2n) is 4.45. The van der Waals surface area contributed by atoms with E-state index < -0.39 is 0 Å². The van der Waals surface area contributed by atoms with Gasteiger partial charge in [0, 0.05) is 6.54 Å². The monoisotopic (exact) mass is 239 g/mol. The lowest BCUT2D eigenvalue weighted by molar-refractivity contribution is 0.0642. The minimum Gasteiger partial charge on any atom is -0.394 e. The molecule has 94 valence electrons. The van der Waals surface area contributed by atoms with Crippen molar-refractivity contribution >= 4 is 5.91 Å². The van der Waals surface area contributed by atoms with Gasteiger partial charge in [-0.15, -0.1) is 0 Å². The van der Waals surface area contributed by atoms with Gasteiger partial charge in [-0.1, -0.05) is 6.92 Å². The first kappa shape index (κ1) is 12.1. The number of nitrogens with one attached hydrogen (secondary N) is 1. The number of carbonyl (C=O) groups excluding carboxylic acids is 1. The Kier molecular flexibility index (Phi) is 3.44. The molecule has 2 rings (SSSR count). The van der Waals surface area contributed by atoms with E-state index in [-0.39, 0.29) is 25.2 Å². The number of nitrogens with zero attached hydrogens (tertiary/aromatic N) is 2. The summed E-state index contributed by atoms with van der Waals surface area (Å²) in [6.45, 7) is 2.48. The van der Waals surface area contributed by atoms with Gasteiger partial charge in [0.05, 0.1) is 24.9 Å². The third-order valence-electron chi connectivity index (χ3n) is 3.35. The molecular weight excluding hydrogens is 222 g/mol. The lowest BCUT2D eigenvalue weighted by atomic mass is 10.0. The zero-order valence-corrected chi connectivity index (χ0v) is 9.76. The van der Waals surface area contributed by atoms with E-state index in [0.717, 1.165) is 6.42 Å². The molecule has 1 fully saturated rings. The molecule has 0 saturated carbocycles. The highest BCUT2D eigenvalue weighted by atomic mass is 16.3. The van der Waals surface area contributed by atoms with Crippen LogP contribution in [0.4, 0.5) is 0 Å². The van der Waals surface area contributed by atoms with Crippen LogP contribution in [0.5, 0.6) is 0 Å². The van der Waals surface area contributed by atoms with Crippen molar-refractivity contribution < 1.29 is 15.0 Å². The number of aromatic amines is 1. The van der Waals surface area contributed by atoms with Gasteiger partial charge in [0.2, 0.25) is 0 Å². The van der Waals surface area contributed by atoms with E-state index in [9.17, 15) is 9.90 Å². The molecule has 6 nitrogen and oxygen atoms in total. The summed E-state index contributed by atoms with van der Waals surface area (Å²) in [5.74, 6) is 0.115. The molecule has 3 N–H and O–H groups in total. The standard InChI is InChI=1S/C11H17N3O3/c1-7-2-3-14(10(7)6-16)11(17)9-4-8(5-15)12-13-9/h4,7,10,15-16H,2-3,5-6H2,1H3,(H,12,13). The first-order valence-corrected chi connectivity index (χ1v) is 5.74. The number of hydrogen-bond acceptors (Lipinski definition) is 4. The van der Waals surface area contributed by atoms with Crippen LogP contribution in [0.2, 0.25) is 0 Å². The SMILES string of the molecule is CC1CCN(C(=O)c2cc(CO)[nH]n2)C1CO. The van der Waals surface area contributed by atoms with E-state index in [1.165, 1.54) is 0 Å². The molecule has 17 heavy (non-hydrogen) atoms. The Hall–Kier alpha value is -1.40. The number of H-pyrrole nitrogens is 1.